The van der Waals surface area contributed by atoms with Crippen molar-refractivity contribution in [2.45, 2.75) is 32.2 Å². The quantitative estimate of drug-likeness (QED) is 0.578. The molecule has 1 saturated carbocycles. The van der Waals surface area contributed by atoms with Gasteiger partial charge in [-0.15, -0.1) is 0 Å². The third kappa shape index (κ3) is 3.73. The van der Waals surface area contributed by atoms with Crippen LogP contribution in [0.5, 0.6) is 0 Å². The van der Waals surface area contributed by atoms with Crippen molar-refractivity contribution in [3.8, 4) is 11.8 Å². The number of rotatable bonds is 4. The van der Waals surface area contributed by atoms with Crippen molar-refractivity contribution in [2.75, 3.05) is 12.4 Å². The molecule has 1 fully saturated rings. The number of halogens is 2. The van der Waals surface area contributed by atoms with Crippen LogP contribution in [-0.2, 0) is 4.79 Å². The topological polar surface area (TPSA) is 109 Å². The summed E-state index contributed by atoms with van der Waals surface area (Å²) < 4.78 is 2.22. The van der Waals surface area contributed by atoms with E-state index >= 15 is 0 Å². The molecule has 1 aliphatic carbocycles. The Morgan fingerprint density at radius 2 is 2.23 bits per heavy atom. The van der Waals surface area contributed by atoms with E-state index in [0.717, 1.165) is 18.2 Å². The summed E-state index contributed by atoms with van der Waals surface area (Å²) in [4.78, 5) is 21.2. The van der Waals surface area contributed by atoms with Crippen molar-refractivity contribution in [2.24, 2.45) is 5.41 Å². The Kier molecular flexibility index (Phi) is 5.38. The number of nitriles is 1. The summed E-state index contributed by atoms with van der Waals surface area (Å²) >= 11 is 9.61. The summed E-state index contributed by atoms with van der Waals surface area (Å²) in [6.07, 6.45) is 4.06. The summed E-state index contributed by atoms with van der Waals surface area (Å²) in [5, 5.41) is 21.0. The Morgan fingerprint density at radius 3 is 2.97 bits per heavy atom. The minimum absolute atomic E-state index is 0.0550. The number of benzene rings is 1. The molecule has 0 saturated heterocycles. The summed E-state index contributed by atoms with van der Waals surface area (Å²) in [5.41, 5.74) is 1.25. The molecule has 1 aliphatic rings. The van der Waals surface area contributed by atoms with E-state index in [4.69, 9.17) is 11.6 Å². The highest BCUT2D eigenvalue weighted by Gasteiger charge is 2.40. The van der Waals surface area contributed by atoms with Crippen molar-refractivity contribution >= 4 is 50.4 Å². The molecular formula is C20H19BrClN7O. The zero-order valence-electron chi connectivity index (χ0n) is 16.4. The number of hydrogen-bond donors (Lipinski definition) is 2. The monoisotopic (exact) mass is 487 g/mol. The summed E-state index contributed by atoms with van der Waals surface area (Å²) in [6, 6.07) is 7.22. The van der Waals surface area contributed by atoms with Gasteiger partial charge in [-0.05, 0) is 53.4 Å². The lowest BCUT2D eigenvalue weighted by atomic mass is 9.87. The van der Waals surface area contributed by atoms with Crippen LogP contribution in [0.1, 0.15) is 31.7 Å². The Bertz CT molecular complexity index is 1190. The van der Waals surface area contributed by atoms with Crippen molar-refractivity contribution in [3.63, 3.8) is 0 Å². The first-order chi connectivity index (χ1) is 14.3. The number of fused-ring (bicyclic) bond motifs is 1. The van der Waals surface area contributed by atoms with Crippen LogP contribution < -0.4 is 10.6 Å². The fourth-order valence-electron chi connectivity index (χ4n) is 3.93. The number of hydrogen-bond acceptors (Lipinski definition) is 6. The number of nitrogens with one attached hydrogen (secondary N) is 2. The molecule has 0 unspecified atom stereocenters. The van der Waals surface area contributed by atoms with Crippen molar-refractivity contribution in [3.05, 3.63) is 39.6 Å². The third-order valence-electron chi connectivity index (χ3n) is 5.49. The fourth-order valence-corrected chi connectivity index (χ4v) is 4.60. The maximum atomic E-state index is 12.2. The van der Waals surface area contributed by atoms with Crippen molar-refractivity contribution in [1.82, 2.24) is 25.1 Å². The predicted molar refractivity (Wildman–Crippen MR) is 118 cm³/mol. The number of nitrogens with zero attached hydrogens (tertiary/aromatic N) is 5. The molecular weight excluding hydrogens is 470 g/mol. The molecule has 2 aromatic heterocycles. The second-order valence-electron chi connectivity index (χ2n) is 7.67. The lowest BCUT2D eigenvalue weighted by molar-refractivity contribution is -0.129. The van der Waals surface area contributed by atoms with Crippen molar-refractivity contribution < 1.29 is 4.79 Å². The van der Waals surface area contributed by atoms with Crippen LogP contribution in [0.15, 0.2) is 29.0 Å². The molecule has 8 nitrogen and oxygen atoms in total. The Morgan fingerprint density at radius 1 is 1.43 bits per heavy atom. The number of carbonyl (C=O) groups excluding carboxylic acids is 1. The van der Waals surface area contributed by atoms with Crippen LogP contribution in [0.2, 0.25) is 5.02 Å². The second kappa shape index (κ2) is 7.85. The lowest BCUT2D eigenvalue weighted by Crippen LogP contribution is -2.35. The fraction of sp³-hybridized carbons (Fsp3) is 0.350. The normalized spacial score (nSPS) is 20.8. The molecule has 3 aromatic rings. The van der Waals surface area contributed by atoms with Gasteiger partial charge in [0.15, 0.2) is 5.65 Å². The van der Waals surface area contributed by atoms with Gasteiger partial charge in [-0.25, -0.2) is 9.67 Å². The molecule has 1 amide bonds. The van der Waals surface area contributed by atoms with Gasteiger partial charge in [0.05, 0.1) is 22.7 Å². The SMILES string of the molecule is CNC(=O)[C@]1(C)CC[C@@H](Nc2ncc3c(Br)nn(-c4cc(Cl)cc(C#N)c4)c3n2)C1. The maximum absolute atomic E-state index is 12.2. The molecule has 2 N–H and O–H groups in total. The average molecular weight is 489 g/mol. The van der Waals surface area contributed by atoms with Crippen LogP contribution in [-0.4, -0.2) is 38.7 Å². The summed E-state index contributed by atoms with van der Waals surface area (Å²) in [5.74, 6) is 0.518. The smallest absolute Gasteiger partial charge is 0.225 e. The maximum Gasteiger partial charge on any atom is 0.225 e. The van der Waals surface area contributed by atoms with Gasteiger partial charge in [0, 0.05) is 29.7 Å². The van der Waals surface area contributed by atoms with E-state index in [9.17, 15) is 10.1 Å². The van der Waals surface area contributed by atoms with Gasteiger partial charge < -0.3 is 10.6 Å². The predicted octanol–water partition coefficient (Wildman–Crippen LogP) is 3.82. The van der Waals surface area contributed by atoms with E-state index in [-0.39, 0.29) is 11.9 Å². The van der Waals surface area contributed by atoms with Gasteiger partial charge in [0.2, 0.25) is 11.9 Å². The molecule has 0 bridgehead atoms. The first kappa shape index (κ1) is 20.6. The first-order valence-corrected chi connectivity index (χ1v) is 10.6. The molecule has 154 valence electrons. The van der Waals surface area contributed by atoms with E-state index in [2.05, 4.69) is 47.7 Å². The number of anilines is 1. The Balaban J connectivity index is 1.67. The molecule has 2 atom stereocenters. The van der Waals surface area contributed by atoms with E-state index < -0.39 is 5.41 Å². The zero-order chi connectivity index (χ0) is 21.5. The van der Waals surface area contributed by atoms with E-state index in [1.54, 1.807) is 36.1 Å². The van der Waals surface area contributed by atoms with Crippen LogP contribution >= 0.6 is 27.5 Å². The zero-order valence-corrected chi connectivity index (χ0v) is 18.8. The number of carbonyl (C=O) groups is 1. The molecule has 30 heavy (non-hydrogen) atoms. The Hall–Kier alpha value is -2.70. The largest absolute Gasteiger partial charge is 0.359 e. The van der Waals surface area contributed by atoms with Gasteiger partial charge >= 0.3 is 0 Å². The average Bonchev–Trinajstić information content (AvgIpc) is 3.27. The highest BCUT2D eigenvalue weighted by atomic mass is 79.9. The van der Waals surface area contributed by atoms with E-state index in [1.807, 2.05) is 6.92 Å². The lowest BCUT2D eigenvalue weighted by Gasteiger charge is -2.22. The van der Waals surface area contributed by atoms with Crippen LogP contribution in [0, 0.1) is 16.7 Å². The summed E-state index contributed by atoms with van der Waals surface area (Å²) in [6.45, 7) is 1.98. The number of aromatic nitrogens is 4. The van der Waals surface area contributed by atoms with Gasteiger partial charge in [-0.3, -0.25) is 4.79 Å². The van der Waals surface area contributed by atoms with Crippen LogP contribution in [0.25, 0.3) is 16.7 Å². The van der Waals surface area contributed by atoms with Gasteiger partial charge in [0.25, 0.3) is 0 Å². The standard InChI is InChI=1S/C20H19BrClN7O/c1-20(18(30)24-2)4-3-13(8-20)26-19-25-10-15-16(21)28-29(17(15)27-19)14-6-11(9-23)5-12(22)7-14/h5-7,10,13H,3-4,8H2,1-2H3,(H,24,30)(H,25,26,27)/t13-,20-/m1/s1. The van der Waals surface area contributed by atoms with Gasteiger partial charge in [-0.1, -0.05) is 18.5 Å². The molecule has 1 aromatic carbocycles. The minimum atomic E-state index is -0.393. The van der Waals surface area contributed by atoms with Crippen LogP contribution in [0.4, 0.5) is 5.95 Å². The highest BCUT2D eigenvalue weighted by Crippen LogP contribution is 2.39. The Labute approximate surface area is 186 Å². The van der Waals surface area contributed by atoms with Gasteiger partial charge in [0.1, 0.15) is 4.60 Å². The molecule has 4 rings (SSSR count). The molecule has 0 radical (unpaired) electrons. The second-order valence-corrected chi connectivity index (χ2v) is 8.85. The molecule has 2 heterocycles. The molecule has 0 spiro atoms. The highest BCUT2D eigenvalue weighted by molar-refractivity contribution is 9.10. The first-order valence-electron chi connectivity index (χ1n) is 9.44. The van der Waals surface area contributed by atoms with E-state index in [1.165, 1.54) is 0 Å². The minimum Gasteiger partial charge on any atom is -0.359 e. The van der Waals surface area contributed by atoms with Crippen LogP contribution in [0.3, 0.4) is 0 Å². The summed E-state index contributed by atoms with van der Waals surface area (Å²) in [7, 11) is 1.66. The molecule has 0 aliphatic heterocycles. The third-order valence-corrected chi connectivity index (χ3v) is 6.29. The van der Waals surface area contributed by atoms with E-state index in [0.29, 0.717) is 38.9 Å². The molecule has 10 heteroatoms. The number of amides is 1. The van der Waals surface area contributed by atoms with Gasteiger partial charge in [-0.2, -0.15) is 15.3 Å². The van der Waals surface area contributed by atoms with Crippen molar-refractivity contribution in [1.29, 1.82) is 5.26 Å².